The number of hydrogen-bond acceptors (Lipinski definition) is 5. The van der Waals surface area contributed by atoms with E-state index in [4.69, 9.17) is 16.7 Å². The fourth-order valence-electron chi connectivity index (χ4n) is 2.31. The summed E-state index contributed by atoms with van der Waals surface area (Å²) in [5.41, 5.74) is 1.04. The molecule has 0 bridgehead atoms. The highest BCUT2D eigenvalue weighted by atomic mass is 35.5. The van der Waals surface area contributed by atoms with Crippen LogP contribution in [0.2, 0.25) is 5.02 Å². The zero-order valence-electron chi connectivity index (χ0n) is 11.5. The van der Waals surface area contributed by atoms with Crippen molar-refractivity contribution >= 4 is 57.6 Å². The molecule has 2 aliphatic rings. The van der Waals surface area contributed by atoms with Gasteiger partial charge in [-0.05, 0) is 30.0 Å². The van der Waals surface area contributed by atoms with E-state index in [0.29, 0.717) is 28.0 Å². The van der Waals surface area contributed by atoms with Crippen LogP contribution in [0.25, 0.3) is 5.57 Å². The Labute approximate surface area is 139 Å². The summed E-state index contributed by atoms with van der Waals surface area (Å²) in [6.45, 7) is -0.235. The molecule has 2 heterocycles. The first-order valence-electron chi connectivity index (χ1n) is 6.49. The first-order chi connectivity index (χ1) is 10.9. The Balaban J connectivity index is 2.01. The quantitative estimate of drug-likeness (QED) is 0.808. The molecule has 1 saturated heterocycles. The van der Waals surface area contributed by atoms with Gasteiger partial charge in [0, 0.05) is 22.8 Å². The topological polar surface area (TPSA) is 104 Å². The Morgan fingerprint density at radius 3 is 2.74 bits per heavy atom. The van der Waals surface area contributed by atoms with Crippen molar-refractivity contribution in [3.8, 4) is 0 Å². The Bertz CT molecular complexity index is 804. The number of nitrogens with one attached hydrogen (secondary N) is 1. The number of halogens is 1. The standard InChI is InChI=1S/C14H9ClN2O5S/c15-6-1-2-8-7(5-6)10(12(20)16-8)11-13(21)17(14(22)23-11)4-3-9(18)19/h1-2,5H,3-4H2,(H,16,20)(H,18,19)/b11-10-. The molecule has 0 radical (unpaired) electrons. The van der Waals surface area contributed by atoms with E-state index in [2.05, 4.69) is 5.32 Å². The number of anilines is 1. The Kier molecular flexibility index (Phi) is 3.87. The molecule has 3 rings (SSSR count). The fourth-order valence-corrected chi connectivity index (χ4v) is 3.45. The molecule has 0 aromatic heterocycles. The van der Waals surface area contributed by atoms with Crippen LogP contribution < -0.4 is 5.32 Å². The minimum absolute atomic E-state index is 0.0149. The van der Waals surface area contributed by atoms with E-state index in [1.54, 1.807) is 12.1 Å². The van der Waals surface area contributed by atoms with Crippen LogP contribution >= 0.6 is 23.4 Å². The highest BCUT2D eigenvalue weighted by molar-refractivity contribution is 8.18. The van der Waals surface area contributed by atoms with Crippen molar-refractivity contribution in [3.05, 3.63) is 33.7 Å². The second kappa shape index (κ2) is 5.71. The molecule has 0 atom stereocenters. The molecule has 1 aromatic carbocycles. The van der Waals surface area contributed by atoms with Crippen LogP contribution in [-0.2, 0) is 14.4 Å². The number of benzene rings is 1. The molecule has 2 aliphatic heterocycles. The number of carboxylic acid groups (broad SMARTS) is 1. The predicted octanol–water partition coefficient (Wildman–Crippen LogP) is 2.17. The number of nitrogens with zero attached hydrogens (tertiary/aromatic N) is 1. The summed E-state index contributed by atoms with van der Waals surface area (Å²) in [4.78, 5) is 47.9. The molecule has 0 aliphatic carbocycles. The van der Waals surface area contributed by atoms with Gasteiger partial charge in [0.25, 0.3) is 17.1 Å². The maximum absolute atomic E-state index is 12.4. The number of aliphatic carboxylic acids is 1. The summed E-state index contributed by atoms with van der Waals surface area (Å²) >= 11 is 6.55. The summed E-state index contributed by atoms with van der Waals surface area (Å²) in [7, 11) is 0. The molecule has 7 nitrogen and oxygen atoms in total. The van der Waals surface area contributed by atoms with Crippen LogP contribution in [0.1, 0.15) is 12.0 Å². The minimum Gasteiger partial charge on any atom is -0.481 e. The van der Waals surface area contributed by atoms with E-state index in [1.165, 1.54) is 6.07 Å². The average molecular weight is 353 g/mol. The van der Waals surface area contributed by atoms with Crippen molar-refractivity contribution in [2.24, 2.45) is 0 Å². The van der Waals surface area contributed by atoms with Crippen molar-refractivity contribution in [1.29, 1.82) is 0 Å². The van der Waals surface area contributed by atoms with E-state index >= 15 is 0 Å². The van der Waals surface area contributed by atoms with Crippen LogP contribution in [0.5, 0.6) is 0 Å². The summed E-state index contributed by atoms with van der Waals surface area (Å²) in [6.07, 6.45) is -0.352. The Hall–Kier alpha value is -2.32. The Morgan fingerprint density at radius 2 is 2.04 bits per heavy atom. The highest BCUT2D eigenvalue weighted by Crippen LogP contribution is 2.42. The van der Waals surface area contributed by atoms with Gasteiger partial charge in [0.05, 0.1) is 16.9 Å². The first kappa shape index (κ1) is 15.6. The van der Waals surface area contributed by atoms with Gasteiger partial charge >= 0.3 is 5.97 Å². The summed E-state index contributed by atoms with van der Waals surface area (Å²) in [5, 5.41) is 11.1. The molecular formula is C14H9ClN2O5S. The number of hydrogen-bond donors (Lipinski definition) is 2. The van der Waals surface area contributed by atoms with Crippen LogP contribution in [-0.4, -0.2) is 39.6 Å². The monoisotopic (exact) mass is 352 g/mol. The van der Waals surface area contributed by atoms with E-state index in [0.717, 1.165) is 4.90 Å². The number of carbonyl (C=O) groups excluding carboxylic acids is 3. The largest absolute Gasteiger partial charge is 0.481 e. The van der Waals surface area contributed by atoms with E-state index in [9.17, 15) is 19.2 Å². The van der Waals surface area contributed by atoms with Gasteiger partial charge in [0.15, 0.2) is 0 Å². The number of amides is 3. The molecule has 9 heteroatoms. The maximum Gasteiger partial charge on any atom is 0.305 e. The van der Waals surface area contributed by atoms with E-state index in [-0.39, 0.29) is 23.4 Å². The van der Waals surface area contributed by atoms with Crippen LogP contribution in [0.4, 0.5) is 10.5 Å². The van der Waals surface area contributed by atoms with Crippen molar-refractivity contribution < 1.29 is 24.3 Å². The third-order valence-corrected chi connectivity index (χ3v) is 4.56. The van der Waals surface area contributed by atoms with Crippen molar-refractivity contribution in [2.75, 3.05) is 11.9 Å². The summed E-state index contributed by atoms with van der Waals surface area (Å²) in [6, 6.07) is 4.74. The fraction of sp³-hybridized carbons (Fsp3) is 0.143. The molecule has 0 spiro atoms. The van der Waals surface area contributed by atoms with Gasteiger partial charge in [-0.25, -0.2) is 0 Å². The molecule has 3 amide bonds. The second-order valence-corrected chi connectivity index (χ2v) is 6.21. The molecule has 0 saturated carbocycles. The average Bonchev–Trinajstić information content (AvgIpc) is 2.93. The summed E-state index contributed by atoms with van der Waals surface area (Å²) in [5.74, 6) is -2.28. The van der Waals surface area contributed by atoms with Gasteiger partial charge in [-0.3, -0.25) is 24.1 Å². The molecule has 1 fully saturated rings. The number of thioether (sulfide) groups is 1. The van der Waals surface area contributed by atoms with Crippen LogP contribution in [0, 0.1) is 0 Å². The lowest BCUT2D eigenvalue weighted by Crippen LogP contribution is -2.30. The maximum atomic E-state index is 12.4. The second-order valence-electron chi connectivity index (χ2n) is 4.82. The normalized spacial score (nSPS) is 20.0. The Morgan fingerprint density at radius 1 is 1.30 bits per heavy atom. The number of imide groups is 1. The van der Waals surface area contributed by atoms with E-state index in [1.807, 2.05) is 0 Å². The van der Waals surface area contributed by atoms with Crippen LogP contribution in [0.3, 0.4) is 0 Å². The zero-order valence-corrected chi connectivity index (χ0v) is 13.0. The zero-order chi connectivity index (χ0) is 16.7. The van der Waals surface area contributed by atoms with Gasteiger partial charge in [-0.1, -0.05) is 11.6 Å². The third-order valence-electron chi connectivity index (χ3n) is 3.35. The van der Waals surface area contributed by atoms with Crippen molar-refractivity contribution in [3.63, 3.8) is 0 Å². The van der Waals surface area contributed by atoms with Gasteiger partial charge in [0.1, 0.15) is 0 Å². The molecule has 23 heavy (non-hydrogen) atoms. The molecule has 0 unspecified atom stereocenters. The van der Waals surface area contributed by atoms with E-state index < -0.39 is 23.0 Å². The van der Waals surface area contributed by atoms with Gasteiger partial charge in [0.2, 0.25) is 0 Å². The number of fused-ring (bicyclic) bond motifs is 1. The van der Waals surface area contributed by atoms with Crippen molar-refractivity contribution in [1.82, 2.24) is 4.90 Å². The van der Waals surface area contributed by atoms with Crippen molar-refractivity contribution in [2.45, 2.75) is 6.42 Å². The molecule has 1 aromatic rings. The smallest absolute Gasteiger partial charge is 0.305 e. The van der Waals surface area contributed by atoms with Crippen LogP contribution in [0.15, 0.2) is 23.1 Å². The lowest BCUT2D eigenvalue weighted by atomic mass is 10.1. The number of rotatable bonds is 3. The lowest BCUT2D eigenvalue weighted by molar-refractivity contribution is -0.137. The van der Waals surface area contributed by atoms with Gasteiger partial charge < -0.3 is 10.4 Å². The molecule has 2 N–H and O–H groups in total. The molecular weight excluding hydrogens is 344 g/mol. The minimum atomic E-state index is -1.12. The number of carbonyl (C=O) groups is 4. The predicted molar refractivity (Wildman–Crippen MR) is 84.0 cm³/mol. The first-order valence-corrected chi connectivity index (χ1v) is 7.69. The summed E-state index contributed by atoms with van der Waals surface area (Å²) < 4.78 is 0. The van der Waals surface area contributed by atoms with Gasteiger partial charge in [-0.2, -0.15) is 0 Å². The molecule has 118 valence electrons. The van der Waals surface area contributed by atoms with Gasteiger partial charge in [-0.15, -0.1) is 0 Å². The highest BCUT2D eigenvalue weighted by Gasteiger charge is 2.41. The SMILES string of the molecule is O=C(O)CCN1C(=O)S/C(=C2\C(=O)Nc3ccc(Cl)cc32)C1=O. The third kappa shape index (κ3) is 2.71. The number of carboxylic acids is 1. The lowest BCUT2D eigenvalue weighted by Gasteiger charge is -2.10.